The van der Waals surface area contributed by atoms with Crippen LogP contribution in [0.15, 0.2) is 0 Å². The molecule has 0 unspecified atom stereocenters. The van der Waals surface area contributed by atoms with E-state index in [4.69, 9.17) is 0 Å². The Morgan fingerprint density at radius 1 is 1.08 bits per heavy atom. The van der Waals surface area contributed by atoms with Crippen molar-refractivity contribution in [3.05, 3.63) is 5.32 Å². The monoisotopic (exact) mass is 203 g/mol. The molecule has 0 aliphatic heterocycles. The average Bonchev–Trinajstić information content (AvgIpc) is 1.87. The largest absolute Gasteiger partial charge is 1.00 e. The fourth-order valence-corrected chi connectivity index (χ4v) is 2.05. The molecule has 0 heterocycles. The molecule has 0 radical (unpaired) electrons. The third-order valence-electron chi connectivity index (χ3n) is 1.30. The van der Waals surface area contributed by atoms with Gasteiger partial charge in [-0.25, -0.2) is 0 Å². The average molecular weight is 203 g/mol. The molecule has 0 aliphatic carbocycles. The maximum Gasteiger partial charge on any atom is 1.00 e. The quantitative estimate of drug-likeness (QED) is 0.593. The van der Waals surface area contributed by atoms with E-state index in [9.17, 15) is 0 Å². The van der Waals surface area contributed by atoms with Gasteiger partial charge in [0.25, 0.3) is 0 Å². The molecule has 0 saturated carbocycles. The first kappa shape index (κ1) is 20.6. The Morgan fingerprint density at radius 3 is 1.46 bits per heavy atom. The standard InChI is InChI=1S/C6H14N.C4H9.K.Li/c1-5(2)7-6(3)4;1-3-4-2;;/h5-6H,1-4H3;1,3-4H2,2H3;;/q-1;;;+1. The molecule has 0 aromatic heterocycles. The van der Waals surface area contributed by atoms with Gasteiger partial charge < -0.3 is 5.32 Å². The van der Waals surface area contributed by atoms with Crippen LogP contribution in [0.2, 0.25) is 0.515 Å². The molecule has 1 nitrogen and oxygen atoms in total. The van der Waals surface area contributed by atoms with E-state index in [0.29, 0.717) is 12.1 Å². The summed E-state index contributed by atoms with van der Waals surface area (Å²) >= 11 is 1.11. The van der Waals surface area contributed by atoms with E-state index in [1.165, 1.54) is 13.4 Å². The van der Waals surface area contributed by atoms with Gasteiger partial charge in [0.15, 0.2) is 0 Å². The van der Waals surface area contributed by atoms with Gasteiger partial charge in [0.05, 0.1) is 0 Å². The number of hydrogen-bond acceptors (Lipinski definition) is 0. The van der Waals surface area contributed by atoms with Crippen molar-refractivity contribution in [2.45, 2.75) is 60.1 Å². The van der Waals surface area contributed by atoms with E-state index in [1.54, 1.807) is 0 Å². The summed E-state index contributed by atoms with van der Waals surface area (Å²) in [5.74, 6) is 0. The van der Waals surface area contributed by atoms with Crippen molar-refractivity contribution in [2.75, 3.05) is 0 Å². The Hall–Kier alpha value is 2.19. The summed E-state index contributed by atoms with van der Waals surface area (Å²) in [6.07, 6.45) is 2.86. The first-order valence-electron chi connectivity index (χ1n) is 5.24. The van der Waals surface area contributed by atoms with Crippen molar-refractivity contribution < 1.29 is 18.9 Å². The molecule has 70 valence electrons. The molecule has 0 N–H and O–H groups in total. The van der Waals surface area contributed by atoms with Crippen LogP contribution >= 0.6 is 0 Å². The van der Waals surface area contributed by atoms with Gasteiger partial charge in [-0.2, -0.15) is 0 Å². The summed E-state index contributed by atoms with van der Waals surface area (Å²) in [4.78, 5) is 0. The topological polar surface area (TPSA) is 14.1 Å². The van der Waals surface area contributed by atoms with Crippen LogP contribution in [0.1, 0.15) is 47.5 Å². The summed E-state index contributed by atoms with van der Waals surface area (Å²) in [5, 5.41) is 4.28. The predicted molar refractivity (Wildman–Crippen MR) is 59.1 cm³/mol. The third-order valence-corrected chi connectivity index (χ3v) is 2.41. The molecule has 0 atom stereocenters. The molecule has 3 heteroatoms. The van der Waals surface area contributed by atoms with Gasteiger partial charge in [-0.1, -0.05) is 27.7 Å². The van der Waals surface area contributed by atoms with E-state index >= 15 is 0 Å². The molecule has 13 heavy (non-hydrogen) atoms. The van der Waals surface area contributed by atoms with Gasteiger partial charge in [-0.3, -0.25) is 0 Å². The number of nitrogens with zero attached hydrogens (tertiary/aromatic N) is 1. The molecule has 0 aromatic carbocycles. The van der Waals surface area contributed by atoms with Crippen molar-refractivity contribution in [3.8, 4) is 0 Å². The van der Waals surface area contributed by atoms with Gasteiger partial charge in [0, 0.05) is 0 Å². The predicted octanol–water partition coefficient (Wildman–Crippen LogP) is 0.554. The van der Waals surface area contributed by atoms with Crippen molar-refractivity contribution in [1.82, 2.24) is 0 Å². The molecule has 0 amide bonds. The maximum absolute atomic E-state index is 4.28. The van der Waals surface area contributed by atoms with Gasteiger partial charge in [-0.05, 0) is 0 Å². The minimum absolute atomic E-state index is 0. The van der Waals surface area contributed by atoms with Gasteiger partial charge in [0.2, 0.25) is 0 Å². The second-order valence-corrected chi connectivity index (χ2v) is 5.25. The minimum Gasteiger partial charge on any atom is 1.00 e. The van der Waals surface area contributed by atoms with Crippen LogP contribution in [-0.2, 0) is 0 Å². The van der Waals surface area contributed by atoms with E-state index < -0.39 is 0 Å². The minimum atomic E-state index is 0. The Morgan fingerprint density at radius 2 is 1.46 bits per heavy atom. The molecule has 0 fully saturated rings. The molecule has 0 rings (SSSR count). The zero-order valence-electron chi connectivity index (χ0n) is 10.7. The Balaban J connectivity index is -0.000000150. The van der Waals surface area contributed by atoms with Crippen LogP contribution in [0, 0.1) is 0 Å². The van der Waals surface area contributed by atoms with Crippen LogP contribution in [0.4, 0.5) is 0 Å². The molecular formula is C10H23KLiN. The Bertz CT molecular complexity index is 69.3. The van der Waals surface area contributed by atoms with Crippen LogP contribution in [0.5, 0.6) is 0 Å². The number of hydrogen-bond donors (Lipinski definition) is 0. The van der Waals surface area contributed by atoms with E-state index in [1.807, 2.05) is 0 Å². The van der Waals surface area contributed by atoms with E-state index in [0.717, 1.165) is 49.0 Å². The van der Waals surface area contributed by atoms with Crippen molar-refractivity contribution in [3.63, 3.8) is 0 Å². The van der Waals surface area contributed by atoms with Gasteiger partial charge >= 0.3 is 88.1 Å². The summed E-state index contributed by atoms with van der Waals surface area (Å²) in [6, 6.07) is 1.000. The summed E-state index contributed by atoms with van der Waals surface area (Å²) < 4.78 is 1.53. The van der Waals surface area contributed by atoms with E-state index in [2.05, 4.69) is 39.9 Å². The van der Waals surface area contributed by atoms with Crippen molar-refractivity contribution in [2.24, 2.45) is 0 Å². The first-order valence-corrected chi connectivity index (χ1v) is 7.45. The SMILES string of the molecule is CC(C)[N-]C(C)C.CCC[CH2][K].[Li+]. The zero-order valence-corrected chi connectivity index (χ0v) is 13.8. The summed E-state index contributed by atoms with van der Waals surface area (Å²) in [7, 11) is 0. The van der Waals surface area contributed by atoms with Gasteiger partial charge in [0.1, 0.15) is 0 Å². The Kier molecular flexibility index (Phi) is 26.3. The normalized spacial score (nSPS) is 9.31. The fourth-order valence-electron chi connectivity index (χ4n) is 0.950. The van der Waals surface area contributed by atoms with Crippen molar-refractivity contribution >= 4 is 49.0 Å². The van der Waals surface area contributed by atoms with Crippen LogP contribution < -0.4 is 18.9 Å². The smallest absolute Gasteiger partial charge is 1.00 e. The summed E-state index contributed by atoms with van der Waals surface area (Å²) in [5.41, 5.74) is 0. The first-order chi connectivity index (χ1) is 5.54. The van der Waals surface area contributed by atoms with Crippen LogP contribution in [-0.4, -0.2) is 61.0 Å². The second-order valence-electron chi connectivity index (χ2n) is 3.69. The molecule has 0 saturated heterocycles. The molecule has 0 spiro atoms. The maximum atomic E-state index is 4.28. The third kappa shape index (κ3) is 31.4. The molecule has 0 aromatic rings. The summed E-state index contributed by atoms with van der Waals surface area (Å²) in [6.45, 7) is 10.6. The van der Waals surface area contributed by atoms with Gasteiger partial charge in [-0.15, -0.1) is 12.1 Å². The van der Waals surface area contributed by atoms with Crippen molar-refractivity contribution in [1.29, 1.82) is 0 Å². The molecule has 0 bridgehead atoms. The van der Waals surface area contributed by atoms with E-state index in [-0.39, 0.29) is 18.9 Å². The second kappa shape index (κ2) is 16.6. The molecule has 0 aliphatic rings. The fraction of sp³-hybridized carbons (Fsp3) is 1.00. The van der Waals surface area contributed by atoms with Crippen LogP contribution in [0.25, 0.3) is 5.32 Å². The number of rotatable bonds is 4. The zero-order chi connectivity index (χ0) is 9.98. The Labute approximate surface area is 131 Å². The molecular weight excluding hydrogens is 180 g/mol. The van der Waals surface area contributed by atoms with Crippen LogP contribution in [0.3, 0.4) is 0 Å². The number of unbranched alkanes of at least 4 members (excludes halogenated alkanes) is 1.